The van der Waals surface area contributed by atoms with Crippen LogP contribution in [-0.4, -0.2) is 36.3 Å². The van der Waals surface area contributed by atoms with Gasteiger partial charge in [0.2, 0.25) is 11.8 Å². The number of imide groups is 1. The number of rotatable bonds is 5. The maximum absolute atomic E-state index is 12.1. The Balaban J connectivity index is 1.25. The number of hydrogen-bond donors (Lipinski definition) is 1. The lowest BCUT2D eigenvalue weighted by atomic mass is 9.85. The number of benzene rings is 1. The van der Waals surface area contributed by atoms with E-state index in [0.717, 1.165) is 11.5 Å². The average molecular weight is 383 g/mol. The van der Waals surface area contributed by atoms with Gasteiger partial charge < -0.3 is 4.90 Å². The molecule has 0 spiro atoms. The van der Waals surface area contributed by atoms with E-state index in [0.29, 0.717) is 18.8 Å². The number of carbonyl (C=O) groups is 2. The van der Waals surface area contributed by atoms with Gasteiger partial charge in [-0.1, -0.05) is 56.4 Å². The molecule has 28 heavy (non-hydrogen) atoms. The van der Waals surface area contributed by atoms with Crippen LogP contribution >= 0.6 is 0 Å². The predicted octanol–water partition coefficient (Wildman–Crippen LogP) is 4.36. The molecule has 3 aliphatic rings. The van der Waals surface area contributed by atoms with E-state index >= 15 is 0 Å². The largest absolute Gasteiger partial charge is 0.303 e. The third-order valence-corrected chi connectivity index (χ3v) is 7.22. The van der Waals surface area contributed by atoms with Gasteiger partial charge in [0.15, 0.2) is 0 Å². The number of likely N-dealkylation sites (tertiary alicyclic amines) is 1. The molecule has 1 N–H and O–H groups in total. The maximum atomic E-state index is 12.1. The molecule has 1 aromatic carbocycles. The molecular weight excluding hydrogens is 348 g/mol. The highest BCUT2D eigenvalue weighted by Gasteiger charge is 2.28. The standard InChI is InChI=1S/C24H34N2O2/c27-23-11-10-22(24(28)25-23)21-8-6-19(7-9-21)20-13-16-26(17-14-20)15-12-18-4-2-1-3-5-18/h6-9,18,20,22H,1-5,10-17H2,(H,25,27,28). The summed E-state index contributed by atoms with van der Waals surface area (Å²) in [6.45, 7) is 3.71. The summed E-state index contributed by atoms with van der Waals surface area (Å²) in [5, 5.41) is 2.46. The second kappa shape index (κ2) is 9.21. The summed E-state index contributed by atoms with van der Waals surface area (Å²) in [5.74, 6) is 1.16. The van der Waals surface area contributed by atoms with E-state index < -0.39 is 0 Å². The lowest BCUT2D eigenvalue weighted by Gasteiger charge is -2.33. The summed E-state index contributed by atoms with van der Waals surface area (Å²) in [4.78, 5) is 26.1. The van der Waals surface area contributed by atoms with E-state index in [9.17, 15) is 9.59 Å². The monoisotopic (exact) mass is 382 g/mol. The first kappa shape index (κ1) is 19.6. The minimum absolute atomic E-state index is 0.143. The van der Waals surface area contributed by atoms with Crippen LogP contribution in [0, 0.1) is 5.92 Å². The van der Waals surface area contributed by atoms with Crippen molar-refractivity contribution in [3.05, 3.63) is 35.4 Å². The van der Waals surface area contributed by atoms with Crippen molar-refractivity contribution >= 4 is 11.8 Å². The first-order valence-electron chi connectivity index (χ1n) is 11.3. The van der Waals surface area contributed by atoms with Crippen LogP contribution in [0.25, 0.3) is 0 Å². The Morgan fingerprint density at radius 3 is 2.21 bits per heavy atom. The van der Waals surface area contributed by atoms with Gasteiger partial charge in [-0.2, -0.15) is 0 Å². The third kappa shape index (κ3) is 4.83. The highest BCUT2D eigenvalue weighted by molar-refractivity contribution is 6.00. The Hall–Kier alpha value is -1.68. The number of hydrogen-bond acceptors (Lipinski definition) is 3. The Kier molecular flexibility index (Phi) is 6.46. The van der Waals surface area contributed by atoms with Crippen LogP contribution in [0.5, 0.6) is 0 Å². The fourth-order valence-electron chi connectivity index (χ4n) is 5.34. The molecule has 0 radical (unpaired) electrons. The van der Waals surface area contributed by atoms with Gasteiger partial charge in [0, 0.05) is 6.42 Å². The molecule has 1 aromatic rings. The number of carbonyl (C=O) groups excluding carboxylic acids is 2. The summed E-state index contributed by atoms with van der Waals surface area (Å²) in [6, 6.07) is 8.62. The van der Waals surface area contributed by atoms with E-state index in [-0.39, 0.29) is 17.7 Å². The Labute approximate surface area is 169 Å². The van der Waals surface area contributed by atoms with Gasteiger partial charge in [-0.25, -0.2) is 0 Å². The van der Waals surface area contributed by atoms with Crippen LogP contribution < -0.4 is 5.32 Å². The lowest BCUT2D eigenvalue weighted by Crippen LogP contribution is -2.39. The van der Waals surface area contributed by atoms with Gasteiger partial charge in [0.25, 0.3) is 0 Å². The molecule has 2 amide bonds. The van der Waals surface area contributed by atoms with Crippen LogP contribution in [0.3, 0.4) is 0 Å². The number of nitrogens with zero attached hydrogens (tertiary/aromatic N) is 1. The van der Waals surface area contributed by atoms with Gasteiger partial charge in [-0.3, -0.25) is 14.9 Å². The summed E-state index contributed by atoms with van der Waals surface area (Å²) in [7, 11) is 0. The summed E-state index contributed by atoms with van der Waals surface area (Å²) >= 11 is 0. The minimum atomic E-state index is -0.173. The highest BCUT2D eigenvalue weighted by atomic mass is 16.2. The molecule has 0 bridgehead atoms. The Bertz CT molecular complexity index is 670. The van der Waals surface area contributed by atoms with Crippen LogP contribution in [0.4, 0.5) is 0 Å². The van der Waals surface area contributed by atoms with Crippen molar-refractivity contribution in [1.82, 2.24) is 10.2 Å². The zero-order valence-electron chi connectivity index (χ0n) is 17.0. The normalized spacial score (nSPS) is 25.6. The number of piperidine rings is 2. The van der Waals surface area contributed by atoms with E-state index in [1.807, 2.05) is 0 Å². The highest BCUT2D eigenvalue weighted by Crippen LogP contribution is 2.32. The third-order valence-electron chi connectivity index (χ3n) is 7.22. The quantitative estimate of drug-likeness (QED) is 0.770. The Morgan fingerprint density at radius 2 is 1.54 bits per heavy atom. The zero-order valence-corrected chi connectivity index (χ0v) is 17.0. The number of nitrogens with one attached hydrogen (secondary N) is 1. The van der Waals surface area contributed by atoms with Crippen LogP contribution in [0.15, 0.2) is 24.3 Å². The van der Waals surface area contributed by atoms with Gasteiger partial charge in [-0.15, -0.1) is 0 Å². The van der Waals surface area contributed by atoms with Gasteiger partial charge in [0.1, 0.15) is 0 Å². The molecule has 2 heterocycles. The zero-order chi connectivity index (χ0) is 19.3. The SMILES string of the molecule is O=C1CCC(c2ccc(C3CCN(CCC4CCCCC4)CC3)cc2)C(=O)N1. The minimum Gasteiger partial charge on any atom is -0.303 e. The van der Waals surface area contributed by atoms with Crippen LogP contribution in [0.2, 0.25) is 0 Å². The van der Waals surface area contributed by atoms with Gasteiger partial charge >= 0.3 is 0 Å². The van der Waals surface area contributed by atoms with Gasteiger partial charge in [0.05, 0.1) is 5.92 Å². The molecule has 2 aliphatic heterocycles. The molecule has 1 atom stereocenters. The Morgan fingerprint density at radius 1 is 0.857 bits per heavy atom. The molecule has 1 saturated carbocycles. The van der Waals surface area contributed by atoms with Crippen LogP contribution in [0.1, 0.15) is 87.2 Å². The molecular formula is C24H34N2O2. The smallest absolute Gasteiger partial charge is 0.234 e. The van der Waals surface area contributed by atoms with Crippen molar-refractivity contribution in [2.24, 2.45) is 5.92 Å². The van der Waals surface area contributed by atoms with Crippen molar-refractivity contribution < 1.29 is 9.59 Å². The lowest BCUT2D eigenvalue weighted by molar-refractivity contribution is -0.134. The first-order valence-corrected chi connectivity index (χ1v) is 11.3. The van der Waals surface area contributed by atoms with Crippen LogP contribution in [-0.2, 0) is 9.59 Å². The summed E-state index contributed by atoms with van der Waals surface area (Å²) in [6.07, 6.45) is 12.2. The fourth-order valence-corrected chi connectivity index (χ4v) is 5.34. The fraction of sp³-hybridized carbons (Fsp3) is 0.667. The maximum Gasteiger partial charge on any atom is 0.234 e. The molecule has 1 aliphatic carbocycles. The summed E-state index contributed by atoms with van der Waals surface area (Å²) in [5.41, 5.74) is 2.45. The summed E-state index contributed by atoms with van der Waals surface area (Å²) < 4.78 is 0. The topological polar surface area (TPSA) is 49.4 Å². The molecule has 4 nitrogen and oxygen atoms in total. The van der Waals surface area contributed by atoms with Gasteiger partial charge in [-0.05, 0) is 68.3 Å². The average Bonchev–Trinajstić information content (AvgIpc) is 2.74. The van der Waals surface area contributed by atoms with Crippen molar-refractivity contribution in [2.45, 2.75) is 76.0 Å². The molecule has 3 fully saturated rings. The predicted molar refractivity (Wildman–Crippen MR) is 111 cm³/mol. The molecule has 1 unspecified atom stereocenters. The van der Waals surface area contributed by atoms with Crippen molar-refractivity contribution in [2.75, 3.05) is 19.6 Å². The van der Waals surface area contributed by atoms with Crippen molar-refractivity contribution in [3.8, 4) is 0 Å². The molecule has 152 valence electrons. The van der Waals surface area contributed by atoms with Crippen molar-refractivity contribution in [1.29, 1.82) is 0 Å². The molecule has 0 aromatic heterocycles. The second-order valence-corrected chi connectivity index (χ2v) is 9.08. The number of amides is 2. The van der Waals surface area contributed by atoms with E-state index in [1.54, 1.807) is 0 Å². The van der Waals surface area contributed by atoms with Crippen molar-refractivity contribution in [3.63, 3.8) is 0 Å². The first-order chi connectivity index (χ1) is 13.7. The molecule has 4 heteroatoms. The van der Waals surface area contributed by atoms with E-state index in [4.69, 9.17) is 0 Å². The van der Waals surface area contributed by atoms with E-state index in [1.165, 1.54) is 76.6 Å². The second-order valence-electron chi connectivity index (χ2n) is 9.08. The van der Waals surface area contributed by atoms with E-state index in [2.05, 4.69) is 34.5 Å². The molecule has 4 rings (SSSR count). The molecule has 2 saturated heterocycles.